The molecule has 0 saturated carbocycles. The van der Waals surface area contributed by atoms with Crippen molar-refractivity contribution in [3.8, 4) is 51.5 Å². The summed E-state index contributed by atoms with van der Waals surface area (Å²) in [5.74, 6) is 7.37. The standard InChI is InChI=1S/C18H17N2O2P.C18H16N2O2.C18H16NO2P.C18H18NOP.C12H13N.C6H6IOP.ClH.H3NO/c21-19-15-5-3-7-17-18(15)14-4-1-2-6-16(14)20(17)12-8-10-13(22-23)11-9-12;21-13-10-8-12(9-11-13)20-16-6-2-1-4-14(16)18-15(19-22)5-3-7-17(18)20;20-17-7-3-6-16-18(17)14-4-1-2-5-15(14)19(16)12-8-10-13(21-22)11-9-12;21-20-14-11-9-13(10-12-14)19-17-7-3-1-5-15(17)16-6-2-4-8-18(16)19;1-3-7-11-9(5-1)10-6-2-4-8-12(10)13-11;7-5-1-3-6(8-9)4-2-5;;1-2/h1-2,4,6,8-11,21H,3,5,7,23H2;1-2,4,6,8-11,21-22H,3,5,7H2;1-2,4-5,8-11H,3,6-7,22H2;1,3,5,7,9-12H,2,4,6,8,21H2;1,3,5,7,13H,2,4,6,8H2;1-4H,9H2;1H;2H,1H2/b2*19-15-;;;;;;. The van der Waals surface area contributed by atoms with Gasteiger partial charge in [0.1, 0.15) is 28.7 Å². The van der Waals surface area contributed by atoms with E-state index in [1.54, 1.807) is 23.3 Å². The van der Waals surface area contributed by atoms with E-state index in [0.717, 1.165) is 158 Å². The number of phenols is 1. The molecule has 15 aromatic rings. The third-order valence-corrected chi connectivity index (χ3v) is 23.2. The highest BCUT2D eigenvalue weighted by molar-refractivity contribution is 14.1. The van der Waals surface area contributed by atoms with Gasteiger partial charge in [0.2, 0.25) is 0 Å². The van der Waals surface area contributed by atoms with Gasteiger partial charge in [0.05, 0.1) is 71.4 Å². The minimum atomic E-state index is 0. The van der Waals surface area contributed by atoms with Crippen LogP contribution in [0.4, 0.5) is 0 Å². The molecule has 0 saturated heterocycles. The SMILES string of the molecule is Cl.NO.O/N=C1/CCCc2c1c1ccccc1n2-c1ccc(O)cc1.O/N=C1/CCCc2c1c1ccccc1n2-c1ccc(OP)cc1.O=C1CCCc2c1c1ccccc1n2-c1ccc(OP)cc1.POc1ccc(-n2c3c(c4ccccc42)CCCC3)cc1.POc1ccc(I)cc1.c1ccc2c3c([nH]c2c1)CCCC3. The summed E-state index contributed by atoms with van der Waals surface area (Å²) in [6, 6.07) is 81.3. The van der Waals surface area contributed by atoms with Crippen molar-refractivity contribution < 1.29 is 43.6 Å². The van der Waals surface area contributed by atoms with Crippen LogP contribution in [0.25, 0.3) is 77.3 Å². The molecule has 5 aromatic heterocycles. The van der Waals surface area contributed by atoms with Gasteiger partial charge in [-0.2, -0.15) is 0 Å². The van der Waals surface area contributed by atoms with Gasteiger partial charge >= 0.3 is 0 Å². The van der Waals surface area contributed by atoms with Gasteiger partial charge in [-0.3, -0.25) is 4.79 Å². The van der Waals surface area contributed by atoms with E-state index in [1.807, 2.05) is 127 Å². The molecular weight excluding hydrogens is 1620 g/mol. The highest BCUT2D eigenvalue weighted by Gasteiger charge is 2.30. The van der Waals surface area contributed by atoms with Crippen LogP contribution in [0.15, 0.2) is 253 Å². The molecule has 0 radical (unpaired) electrons. The Morgan fingerprint density at radius 3 is 1.12 bits per heavy atom. The molecule has 0 amide bonds. The van der Waals surface area contributed by atoms with Crippen LogP contribution in [0.3, 0.4) is 0 Å². The Kier molecular flexibility index (Phi) is 27.5. The number of aromatic hydroxyl groups is 1. The number of Topliss-reactive ketones (excluding diaryl/α,β-unsaturated/α-hetero) is 1. The van der Waals surface area contributed by atoms with Crippen molar-refractivity contribution in [2.45, 2.75) is 109 Å². The largest absolute Gasteiger partial charge is 0.508 e. The summed E-state index contributed by atoms with van der Waals surface area (Å²) in [6.45, 7) is 0. The smallest absolute Gasteiger partial charge is 0.165 e. The highest BCUT2D eigenvalue weighted by Crippen LogP contribution is 2.41. The number of aryl methyl sites for hydroxylation is 3. The van der Waals surface area contributed by atoms with Gasteiger partial charge in [-0.25, -0.2) is 5.90 Å². The first kappa shape index (κ1) is 81.2. The fourth-order valence-electron chi connectivity index (χ4n) is 16.6. The van der Waals surface area contributed by atoms with Gasteiger partial charge in [-0.15, -0.1) is 12.4 Å². The van der Waals surface area contributed by atoms with Gasteiger partial charge in [-0.05, 0) is 288 Å². The van der Waals surface area contributed by atoms with Crippen LogP contribution >= 0.6 is 72.9 Å². The lowest BCUT2D eigenvalue weighted by atomic mass is 9.93. The van der Waals surface area contributed by atoms with Crippen LogP contribution in [0.1, 0.15) is 125 Å². The number of H-pyrrole nitrogens is 1. The van der Waals surface area contributed by atoms with Crippen molar-refractivity contribution in [2.75, 3.05) is 0 Å². The number of hydrogen-bond donors (Lipinski definition) is 6. The van der Waals surface area contributed by atoms with E-state index in [1.165, 1.54) is 105 Å². The normalized spacial score (nSPS) is 14.3. The van der Waals surface area contributed by atoms with Crippen LogP contribution < -0.4 is 24.0 Å². The number of carbonyl (C=O) groups excluding carboxylic acids is 1. The average Bonchev–Trinajstić information content (AvgIpc) is 1.61. The monoisotopic (exact) mass is 1710 g/mol. The van der Waals surface area contributed by atoms with E-state index >= 15 is 0 Å². The maximum atomic E-state index is 12.4. The Morgan fingerprint density at radius 2 is 0.681 bits per heavy atom. The summed E-state index contributed by atoms with van der Waals surface area (Å²) < 4.78 is 30.7. The van der Waals surface area contributed by atoms with Crippen molar-refractivity contribution in [3.63, 3.8) is 0 Å². The number of para-hydroxylation sites is 5. The number of phenolic OH excluding ortho intramolecular Hbond substituents is 1. The number of aromatic amines is 1. The fraction of sp³-hybridized carbons (Fsp3) is 0.189. The number of halogens is 2. The second kappa shape index (κ2) is 38.3. The number of nitrogens with zero attached hydrogens (tertiary/aromatic N) is 6. The first-order valence-electron chi connectivity index (χ1n) is 37.7. The maximum Gasteiger partial charge on any atom is 0.165 e. The predicted molar refractivity (Wildman–Crippen MR) is 480 cm³/mol. The zero-order valence-corrected chi connectivity index (χ0v) is 69.9. The molecule has 20 rings (SSSR count). The lowest BCUT2D eigenvalue weighted by Gasteiger charge is -2.17. The minimum absolute atomic E-state index is 0. The zero-order chi connectivity index (χ0) is 77.6. The Balaban J connectivity index is 0.000000120. The Labute approximate surface area is 685 Å². The van der Waals surface area contributed by atoms with Crippen molar-refractivity contribution in [1.82, 2.24) is 23.3 Å². The molecule has 5 aliphatic rings. The van der Waals surface area contributed by atoms with Crippen molar-refractivity contribution >= 4 is 145 Å². The molecular formula is C90H90ClIN8O9P4. The van der Waals surface area contributed by atoms with E-state index in [9.17, 15) is 20.3 Å². The molecule has 4 unspecified atom stereocenters. The Bertz CT molecular complexity index is 5860. The first-order valence-corrected chi connectivity index (χ1v) is 40.7. The van der Waals surface area contributed by atoms with Crippen molar-refractivity contribution in [3.05, 3.63) is 303 Å². The molecule has 5 aliphatic carbocycles. The number of nitrogens with one attached hydrogen (secondary N) is 1. The summed E-state index contributed by atoms with van der Waals surface area (Å²) in [7, 11) is 9.02. The van der Waals surface area contributed by atoms with Crippen molar-refractivity contribution in [1.29, 1.82) is 0 Å². The van der Waals surface area contributed by atoms with Crippen LogP contribution in [0, 0.1) is 3.57 Å². The number of aromatic nitrogens is 5. The summed E-state index contributed by atoms with van der Waals surface area (Å²) in [6.07, 6.45) is 18.2. The molecule has 578 valence electrons. The number of nitrogens with two attached hydrogens (primary N) is 1. The molecule has 23 heteroatoms. The summed E-state index contributed by atoms with van der Waals surface area (Å²) in [4.78, 5) is 15.9. The van der Waals surface area contributed by atoms with E-state index in [-0.39, 0.29) is 23.9 Å². The van der Waals surface area contributed by atoms with Gasteiger partial charge in [0.15, 0.2) is 5.78 Å². The quantitative estimate of drug-likeness (QED) is 0.0366. The second-order valence-corrected chi connectivity index (χ2v) is 30.0. The summed E-state index contributed by atoms with van der Waals surface area (Å²) in [5.41, 5.74) is 24.6. The van der Waals surface area contributed by atoms with Gasteiger partial charge < -0.3 is 62.1 Å². The zero-order valence-electron chi connectivity index (χ0n) is 62.3. The number of fused-ring (bicyclic) bond motifs is 15. The van der Waals surface area contributed by atoms with Gasteiger partial charge in [0, 0.05) is 110 Å². The van der Waals surface area contributed by atoms with E-state index < -0.39 is 0 Å². The van der Waals surface area contributed by atoms with Gasteiger partial charge in [-0.1, -0.05) is 101 Å². The predicted octanol–water partition coefficient (Wildman–Crippen LogP) is 22.4. The number of carbonyl (C=O) groups is 1. The van der Waals surface area contributed by atoms with Crippen LogP contribution in [0.2, 0.25) is 0 Å². The van der Waals surface area contributed by atoms with Gasteiger partial charge in [0.25, 0.3) is 0 Å². The Morgan fingerprint density at radius 1 is 0.354 bits per heavy atom. The maximum absolute atomic E-state index is 12.4. The third-order valence-electron chi connectivity index (χ3n) is 21.4. The molecule has 0 fully saturated rings. The Hall–Kier alpha value is -9.83. The summed E-state index contributed by atoms with van der Waals surface area (Å²) >= 11 is 2.25. The molecule has 0 aliphatic heterocycles. The molecule has 4 atom stereocenters. The number of benzene rings is 10. The number of ketones is 1. The van der Waals surface area contributed by atoms with Crippen LogP contribution in [0.5, 0.6) is 28.7 Å². The summed E-state index contributed by atoms with van der Waals surface area (Å²) in [5, 5.41) is 48.0. The molecule has 10 aromatic carbocycles. The second-order valence-electron chi connectivity index (χ2n) is 27.8. The van der Waals surface area contributed by atoms with E-state index in [0.29, 0.717) is 6.42 Å². The minimum Gasteiger partial charge on any atom is -0.508 e. The third kappa shape index (κ3) is 17.3. The van der Waals surface area contributed by atoms with E-state index in [4.69, 9.17) is 23.3 Å². The molecule has 5 heterocycles. The average molecular weight is 1710 g/mol. The first-order chi connectivity index (χ1) is 55.1. The number of oxime groups is 2. The fourth-order valence-corrected chi connectivity index (χ4v) is 17.5. The van der Waals surface area contributed by atoms with Crippen LogP contribution in [-0.2, 0) is 44.9 Å². The lowest BCUT2D eigenvalue weighted by Crippen LogP contribution is -2.13. The topological polar surface area (TPSA) is 221 Å². The van der Waals surface area contributed by atoms with Crippen LogP contribution in [-0.4, -0.2) is 61.2 Å². The molecule has 0 bridgehead atoms. The highest BCUT2D eigenvalue weighted by atomic mass is 127. The molecule has 0 spiro atoms. The number of hydrogen-bond acceptors (Lipinski definition) is 12. The van der Waals surface area contributed by atoms with Crippen molar-refractivity contribution in [2.24, 2.45) is 16.2 Å². The van der Waals surface area contributed by atoms with E-state index in [2.05, 4.69) is 203 Å². The molecule has 7 N–H and O–H groups in total. The number of rotatable bonds is 8. The lowest BCUT2D eigenvalue weighted by molar-refractivity contribution is 0.0973. The molecule has 113 heavy (non-hydrogen) atoms. The molecule has 17 nitrogen and oxygen atoms in total.